The van der Waals surface area contributed by atoms with E-state index in [0.717, 1.165) is 29.7 Å². The van der Waals surface area contributed by atoms with Gasteiger partial charge in [-0.05, 0) is 47.6 Å². The van der Waals surface area contributed by atoms with Crippen LogP contribution >= 0.6 is 22.7 Å². The molecule has 0 bridgehead atoms. The Bertz CT molecular complexity index is 785. The number of carbonyl (C=O) groups excluding carboxylic acids is 2. The Balaban J connectivity index is 1.84. The second-order valence-electron chi connectivity index (χ2n) is 7.68. The van der Waals surface area contributed by atoms with Crippen LogP contribution in [0.15, 0.2) is 17.5 Å². The fourth-order valence-corrected chi connectivity index (χ4v) is 5.47. The van der Waals surface area contributed by atoms with E-state index in [0.29, 0.717) is 22.9 Å². The Kier molecular flexibility index (Phi) is 5.02. The van der Waals surface area contributed by atoms with Crippen LogP contribution in [0, 0.1) is 11.3 Å². The van der Waals surface area contributed by atoms with Crippen molar-refractivity contribution in [2.45, 2.75) is 46.5 Å². The van der Waals surface area contributed by atoms with Crippen LogP contribution in [0.5, 0.6) is 0 Å². The van der Waals surface area contributed by atoms with E-state index in [-0.39, 0.29) is 11.3 Å². The number of nitrogens with one attached hydrogen (secondary N) is 1. The van der Waals surface area contributed by atoms with Crippen LogP contribution in [0.25, 0.3) is 0 Å². The first-order chi connectivity index (χ1) is 11.8. The van der Waals surface area contributed by atoms with Crippen molar-refractivity contribution in [3.63, 3.8) is 0 Å². The van der Waals surface area contributed by atoms with Crippen molar-refractivity contribution in [3.8, 4) is 0 Å². The molecule has 0 spiro atoms. The molecule has 1 aliphatic rings. The van der Waals surface area contributed by atoms with Crippen LogP contribution in [0.3, 0.4) is 0 Å². The fourth-order valence-electron chi connectivity index (χ4n) is 3.42. The van der Waals surface area contributed by atoms with E-state index in [1.807, 2.05) is 17.5 Å². The molecular weight excluding hydrogens is 352 g/mol. The summed E-state index contributed by atoms with van der Waals surface area (Å²) in [6, 6.07) is 3.87. The third kappa shape index (κ3) is 3.96. The second kappa shape index (κ2) is 6.92. The molecule has 2 amide bonds. The molecule has 0 fully saturated rings. The molecule has 1 aliphatic carbocycles. The maximum absolute atomic E-state index is 12.3. The van der Waals surface area contributed by atoms with Crippen LogP contribution in [-0.2, 0) is 24.1 Å². The van der Waals surface area contributed by atoms with Crippen molar-refractivity contribution in [1.29, 1.82) is 0 Å². The number of thiophene rings is 2. The Morgan fingerprint density at radius 2 is 2.12 bits per heavy atom. The zero-order valence-corrected chi connectivity index (χ0v) is 16.5. The molecule has 1 unspecified atom stereocenters. The number of hydrogen-bond donors (Lipinski definition) is 2. The topological polar surface area (TPSA) is 72.2 Å². The van der Waals surface area contributed by atoms with Gasteiger partial charge in [-0.15, -0.1) is 22.7 Å². The molecule has 2 heterocycles. The van der Waals surface area contributed by atoms with Crippen LogP contribution in [0.1, 0.15) is 52.9 Å². The van der Waals surface area contributed by atoms with E-state index in [2.05, 4.69) is 26.1 Å². The van der Waals surface area contributed by atoms with Gasteiger partial charge in [0, 0.05) is 9.75 Å². The van der Waals surface area contributed by atoms with Gasteiger partial charge in [0.15, 0.2) is 0 Å². The minimum Gasteiger partial charge on any atom is -0.365 e. The highest BCUT2D eigenvalue weighted by Crippen LogP contribution is 2.44. The molecule has 134 valence electrons. The van der Waals surface area contributed by atoms with Crippen molar-refractivity contribution in [1.82, 2.24) is 0 Å². The summed E-state index contributed by atoms with van der Waals surface area (Å²) in [6.07, 6.45) is 3.18. The van der Waals surface area contributed by atoms with E-state index in [1.54, 1.807) is 11.3 Å². The van der Waals surface area contributed by atoms with Crippen molar-refractivity contribution in [2.24, 2.45) is 17.1 Å². The zero-order chi connectivity index (χ0) is 18.2. The van der Waals surface area contributed by atoms with Crippen LogP contribution in [-0.4, -0.2) is 11.8 Å². The number of hydrogen-bond acceptors (Lipinski definition) is 4. The van der Waals surface area contributed by atoms with Crippen LogP contribution < -0.4 is 11.1 Å². The first kappa shape index (κ1) is 18.1. The predicted molar refractivity (Wildman–Crippen MR) is 104 cm³/mol. The quantitative estimate of drug-likeness (QED) is 0.838. The predicted octanol–water partition coefficient (Wildman–Crippen LogP) is 4.24. The summed E-state index contributed by atoms with van der Waals surface area (Å²) >= 11 is 3.08. The van der Waals surface area contributed by atoms with Gasteiger partial charge in [0.2, 0.25) is 5.91 Å². The smallest absolute Gasteiger partial charge is 0.251 e. The number of fused-ring (bicyclic) bond motifs is 1. The summed E-state index contributed by atoms with van der Waals surface area (Å²) in [7, 11) is 0. The number of rotatable bonds is 4. The number of amides is 2. The fraction of sp³-hybridized carbons (Fsp3) is 0.474. The lowest BCUT2D eigenvalue weighted by Crippen LogP contribution is -2.27. The van der Waals surface area contributed by atoms with Crippen molar-refractivity contribution in [3.05, 3.63) is 38.4 Å². The van der Waals surface area contributed by atoms with Gasteiger partial charge in [-0.3, -0.25) is 9.59 Å². The molecule has 1 atom stereocenters. The third-order valence-electron chi connectivity index (χ3n) is 4.90. The zero-order valence-electron chi connectivity index (χ0n) is 14.8. The molecule has 0 saturated carbocycles. The molecule has 0 radical (unpaired) electrons. The van der Waals surface area contributed by atoms with Gasteiger partial charge in [-0.2, -0.15) is 0 Å². The van der Waals surface area contributed by atoms with E-state index in [9.17, 15) is 9.59 Å². The average Bonchev–Trinajstić information content (AvgIpc) is 3.11. The van der Waals surface area contributed by atoms with E-state index >= 15 is 0 Å². The van der Waals surface area contributed by atoms with Crippen LogP contribution in [0.4, 0.5) is 5.00 Å². The maximum Gasteiger partial charge on any atom is 0.251 e. The number of primary amides is 1. The Morgan fingerprint density at radius 3 is 2.72 bits per heavy atom. The van der Waals surface area contributed by atoms with Gasteiger partial charge >= 0.3 is 0 Å². The molecule has 2 aromatic heterocycles. The first-order valence-corrected chi connectivity index (χ1v) is 10.2. The molecular formula is C19H24N2O2S2. The summed E-state index contributed by atoms with van der Waals surface area (Å²) in [6.45, 7) is 6.78. The average molecular weight is 377 g/mol. The highest BCUT2D eigenvalue weighted by molar-refractivity contribution is 7.17. The van der Waals surface area contributed by atoms with Crippen molar-refractivity contribution in [2.75, 3.05) is 5.32 Å². The number of anilines is 1. The minimum atomic E-state index is -0.446. The molecule has 2 aromatic rings. The van der Waals surface area contributed by atoms with Gasteiger partial charge in [0.05, 0.1) is 12.0 Å². The SMILES string of the molecule is CC(C)(C)C1CCc2c(sc(NC(=O)Cc3cccs3)c2C(N)=O)C1. The summed E-state index contributed by atoms with van der Waals surface area (Å²) in [5.74, 6) is 0.0306. The summed E-state index contributed by atoms with van der Waals surface area (Å²) in [5.41, 5.74) is 7.43. The summed E-state index contributed by atoms with van der Waals surface area (Å²) in [5, 5.41) is 5.50. The van der Waals surface area contributed by atoms with Gasteiger partial charge in [-0.25, -0.2) is 0 Å². The summed E-state index contributed by atoms with van der Waals surface area (Å²) < 4.78 is 0. The van der Waals surface area contributed by atoms with Crippen LogP contribution in [0.2, 0.25) is 0 Å². The molecule has 3 N–H and O–H groups in total. The van der Waals surface area contributed by atoms with Gasteiger partial charge in [-0.1, -0.05) is 26.8 Å². The minimum absolute atomic E-state index is 0.101. The standard InChI is InChI=1S/C19H24N2O2S2/c1-19(2,3)11-6-7-13-14(9-11)25-18(16(13)17(20)23)21-15(22)10-12-5-4-8-24-12/h4-5,8,11H,6-7,9-10H2,1-3H3,(H2,20,23)(H,21,22). The monoisotopic (exact) mass is 376 g/mol. The molecule has 0 saturated heterocycles. The summed E-state index contributed by atoms with van der Waals surface area (Å²) in [4.78, 5) is 26.6. The Hall–Kier alpha value is -1.66. The Morgan fingerprint density at radius 1 is 1.36 bits per heavy atom. The molecule has 0 aromatic carbocycles. The maximum atomic E-state index is 12.3. The van der Waals surface area contributed by atoms with E-state index in [1.165, 1.54) is 16.2 Å². The Labute approximate surface area is 156 Å². The van der Waals surface area contributed by atoms with Gasteiger partial charge in [0.25, 0.3) is 5.91 Å². The lowest BCUT2D eigenvalue weighted by molar-refractivity contribution is -0.115. The van der Waals surface area contributed by atoms with Crippen molar-refractivity contribution < 1.29 is 9.59 Å². The first-order valence-electron chi connectivity index (χ1n) is 8.52. The number of carbonyl (C=O) groups is 2. The van der Waals surface area contributed by atoms with Gasteiger partial charge < -0.3 is 11.1 Å². The molecule has 3 rings (SSSR count). The molecule has 25 heavy (non-hydrogen) atoms. The highest BCUT2D eigenvalue weighted by atomic mass is 32.1. The second-order valence-corrected chi connectivity index (χ2v) is 9.82. The van der Waals surface area contributed by atoms with Gasteiger partial charge in [0.1, 0.15) is 5.00 Å². The van der Waals surface area contributed by atoms with Crippen molar-refractivity contribution >= 4 is 39.5 Å². The third-order valence-corrected chi connectivity index (χ3v) is 6.95. The van der Waals surface area contributed by atoms with E-state index in [4.69, 9.17) is 5.73 Å². The van der Waals surface area contributed by atoms with E-state index < -0.39 is 5.91 Å². The molecule has 4 nitrogen and oxygen atoms in total. The molecule has 6 heteroatoms. The largest absolute Gasteiger partial charge is 0.365 e. The number of nitrogens with two attached hydrogens (primary N) is 1. The molecule has 0 aliphatic heterocycles. The lowest BCUT2D eigenvalue weighted by atomic mass is 9.72. The lowest BCUT2D eigenvalue weighted by Gasteiger charge is -2.33. The normalized spacial score (nSPS) is 17.2. The highest BCUT2D eigenvalue weighted by Gasteiger charge is 2.33.